The van der Waals surface area contributed by atoms with Crippen LogP contribution in [0.2, 0.25) is 0 Å². The van der Waals surface area contributed by atoms with E-state index in [1.807, 2.05) is 6.07 Å². The van der Waals surface area contributed by atoms with Crippen LogP contribution in [0, 0.1) is 17.8 Å². The second-order valence-electron chi connectivity index (χ2n) is 7.89. The number of benzene rings is 1. The molecule has 1 aromatic carbocycles. The third kappa shape index (κ3) is 8.86. The van der Waals surface area contributed by atoms with Gasteiger partial charge in [-0.3, -0.25) is 0 Å². The smallest absolute Gasteiger partial charge is 0.178 e. The summed E-state index contributed by atoms with van der Waals surface area (Å²) in [6.45, 7) is 9.11. The van der Waals surface area contributed by atoms with E-state index in [-0.39, 0.29) is 5.75 Å². The average Bonchev–Trinajstić information content (AvgIpc) is 2.53. The van der Waals surface area contributed by atoms with Crippen molar-refractivity contribution in [1.82, 2.24) is 0 Å². The molecule has 0 heterocycles. The van der Waals surface area contributed by atoms with Crippen molar-refractivity contribution in [1.29, 1.82) is 0 Å². The van der Waals surface area contributed by atoms with E-state index in [2.05, 4.69) is 27.7 Å². The first kappa shape index (κ1) is 21.2. The molecule has 0 amide bonds. The normalized spacial score (nSPS) is 14.7. The molecule has 1 rings (SSSR count). The fraction of sp³-hybridized carbons (Fsp3) is 0.714. The van der Waals surface area contributed by atoms with Gasteiger partial charge >= 0.3 is 0 Å². The molecule has 2 unspecified atom stereocenters. The van der Waals surface area contributed by atoms with Crippen molar-refractivity contribution in [3.8, 4) is 0 Å². The zero-order valence-corrected chi connectivity index (χ0v) is 16.8. The minimum atomic E-state index is -3.12. The largest absolute Gasteiger partial charge is 0.224 e. The molecule has 0 saturated carbocycles. The first-order chi connectivity index (χ1) is 11.3. The van der Waals surface area contributed by atoms with Crippen molar-refractivity contribution in [2.45, 2.75) is 77.5 Å². The lowest BCUT2D eigenvalue weighted by Crippen LogP contribution is -2.10. The second-order valence-corrected chi connectivity index (χ2v) is 10.00. The molecule has 0 spiro atoms. The van der Waals surface area contributed by atoms with E-state index >= 15 is 0 Å². The molecule has 0 aliphatic rings. The molecular weight excluding hydrogens is 316 g/mol. The van der Waals surface area contributed by atoms with Gasteiger partial charge in [0.25, 0.3) is 0 Å². The summed E-state index contributed by atoms with van der Waals surface area (Å²) in [6, 6.07) is 8.82. The van der Waals surface area contributed by atoms with Crippen molar-refractivity contribution in [2.75, 3.05) is 5.75 Å². The van der Waals surface area contributed by atoms with Crippen LogP contribution in [0.4, 0.5) is 0 Å². The van der Waals surface area contributed by atoms with Crippen LogP contribution >= 0.6 is 0 Å². The SMILES string of the molecule is CC(C)CCCC(C)CCCC(C)CCS(=O)(=O)c1ccccc1. The Morgan fingerprint density at radius 1 is 0.750 bits per heavy atom. The summed E-state index contributed by atoms with van der Waals surface area (Å²) >= 11 is 0. The van der Waals surface area contributed by atoms with Gasteiger partial charge in [0.1, 0.15) is 0 Å². The van der Waals surface area contributed by atoms with Gasteiger partial charge in [-0.15, -0.1) is 0 Å². The van der Waals surface area contributed by atoms with E-state index < -0.39 is 9.84 Å². The Hall–Kier alpha value is -0.830. The van der Waals surface area contributed by atoms with Gasteiger partial charge in [0.05, 0.1) is 10.6 Å². The first-order valence-electron chi connectivity index (χ1n) is 9.59. The van der Waals surface area contributed by atoms with Crippen LogP contribution in [0.1, 0.15) is 72.6 Å². The van der Waals surface area contributed by atoms with Crippen molar-refractivity contribution < 1.29 is 8.42 Å². The minimum Gasteiger partial charge on any atom is -0.224 e. The molecule has 0 radical (unpaired) electrons. The molecule has 2 nitrogen and oxygen atoms in total. The standard InChI is InChI=1S/C21H36O2S/c1-18(2)10-8-11-19(3)12-9-13-20(4)16-17-24(22,23)21-14-6-5-7-15-21/h5-7,14-15,18-20H,8-13,16-17H2,1-4H3. The Bertz CT molecular complexity index is 534. The summed E-state index contributed by atoms with van der Waals surface area (Å²) in [5.74, 6) is 2.35. The van der Waals surface area contributed by atoms with E-state index in [0.29, 0.717) is 10.8 Å². The Kier molecular flexibility index (Phi) is 9.65. The lowest BCUT2D eigenvalue weighted by molar-refractivity contribution is 0.397. The van der Waals surface area contributed by atoms with E-state index in [4.69, 9.17) is 0 Å². The fourth-order valence-electron chi connectivity index (χ4n) is 3.08. The Balaban J connectivity index is 2.21. The third-order valence-electron chi connectivity index (χ3n) is 4.85. The summed E-state index contributed by atoms with van der Waals surface area (Å²) in [5, 5.41) is 0. The zero-order chi connectivity index (χ0) is 18.0. The van der Waals surface area contributed by atoms with Crippen LogP contribution in [-0.4, -0.2) is 14.2 Å². The summed E-state index contributed by atoms with van der Waals surface area (Å²) in [7, 11) is -3.12. The van der Waals surface area contributed by atoms with Crippen LogP contribution in [0.3, 0.4) is 0 Å². The van der Waals surface area contributed by atoms with Crippen LogP contribution in [-0.2, 0) is 9.84 Å². The van der Waals surface area contributed by atoms with E-state index in [1.54, 1.807) is 24.3 Å². The van der Waals surface area contributed by atoms with Gasteiger partial charge in [-0.1, -0.05) is 84.4 Å². The summed E-state index contributed by atoms with van der Waals surface area (Å²) < 4.78 is 24.6. The van der Waals surface area contributed by atoms with Gasteiger partial charge in [-0.2, -0.15) is 0 Å². The Labute approximate surface area is 150 Å². The van der Waals surface area contributed by atoms with Crippen molar-refractivity contribution in [3.05, 3.63) is 30.3 Å². The molecule has 0 saturated heterocycles. The monoisotopic (exact) mass is 352 g/mol. The summed E-state index contributed by atoms with van der Waals surface area (Å²) in [4.78, 5) is 0.455. The van der Waals surface area contributed by atoms with Gasteiger partial charge in [0.15, 0.2) is 9.84 Å². The Morgan fingerprint density at radius 3 is 1.79 bits per heavy atom. The number of sulfone groups is 1. The molecule has 0 aliphatic heterocycles. The molecule has 0 fully saturated rings. The lowest BCUT2D eigenvalue weighted by Gasteiger charge is -2.15. The lowest BCUT2D eigenvalue weighted by atomic mass is 9.93. The van der Waals surface area contributed by atoms with Crippen LogP contribution < -0.4 is 0 Å². The van der Waals surface area contributed by atoms with Crippen molar-refractivity contribution in [3.63, 3.8) is 0 Å². The Morgan fingerprint density at radius 2 is 1.25 bits per heavy atom. The maximum atomic E-state index is 12.3. The first-order valence-corrected chi connectivity index (χ1v) is 11.2. The minimum absolute atomic E-state index is 0.266. The molecule has 0 N–H and O–H groups in total. The molecule has 138 valence electrons. The van der Waals surface area contributed by atoms with Crippen LogP contribution in [0.15, 0.2) is 35.2 Å². The predicted octanol–water partition coefficient (Wildman–Crippen LogP) is 6.12. The predicted molar refractivity (Wildman–Crippen MR) is 104 cm³/mol. The highest BCUT2D eigenvalue weighted by molar-refractivity contribution is 7.91. The van der Waals surface area contributed by atoms with Crippen molar-refractivity contribution in [2.24, 2.45) is 17.8 Å². The summed E-state index contributed by atoms with van der Waals surface area (Å²) in [5.41, 5.74) is 0. The van der Waals surface area contributed by atoms with E-state index in [0.717, 1.165) is 24.7 Å². The van der Waals surface area contributed by atoms with Crippen LogP contribution in [0.5, 0.6) is 0 Å². The molecule has 3 heteroatoms. The molecule has 0 bridgehead atoms. The highest BCUT2D eigenvalue weighted by Gasteiger charge is 2.15. The number of rotatable bonds is 12. The molecule has 1 aromatic rings. The van der Waals surface area contributed by atoms with E-state index in [9.17, 15) is 8.42 Å². The maximum Gasteiger partial charge on any atom is 0.178 e. The van der Waals surface area contributed by atoms with Crippen LogP contribution in [0.25, 0.3) is 0 Å². The van der Waals surface area contributed by atoms with Gasteiger partial charge in [-0.05, 0) is 36.3 Å². The zero-order valence-electron chi connectivity index (χ0n) is 16.0. The van der Waals surface area contributed by atoms with Crippen molar-refractivity contribution >= 4 is 9.84 Å². The fourth-order valence-corrected chi connectivity index (χ4v) is 4.60. The maximum absolute atomic E-state index is 12.3. The molecule has 0 aromatic heterocycles. The van der Waals surface area contributed by atoms with Gasteiger partial charge in [-0.25, -0.2) is 8.42 Å². The third-order valence-corrected chi connectivity index (χ3v) is 6.62. The highest BCUT2D eigenvalue weighted by atomic mass is 32.2. The molecular formula is C21H36O2S. The topological polar surface area (TPSA) is 34.1 Å². The average molecular weight is 353 g/mol. The van der Waals surface area contributed by atoms with Gasteiger partial charge < -0.3 is 0 Å². The highest BCUT2D eigenvalue weighted by Crippen LogP contribution is 2.21. The molecule has 0 aliphatic carbocycles. The number of hydrogen-bond donors (Lipinski definition) is 0. The van der Waals surface area contributed by atoms with Gasteiger partial charge in [0, 0.05) is 0 Å². The van der Waals surface area contributed by atoms with E-state index in [1.165, 1.54) is 32.1 Å². The number of hydrogen-bond acceptors (Lipinski definition) is 2. The second kappa shape index (κ2) is 10.9. The quantitative estimate of drug-likeness (QED) is 0.454. The molecule has 24 heavy (non-hydrogen) atoms. The van der Waals surface area contributed by atoms with Gasteiger partial charge in [0.2, 0.25) is 0 Å². The summed E-state index contributed by atoms with van der Waals surface area (Å²) in [6.07, 6.45) is 8.39. The molecule has 2 atom stereocenters.